The van der Waals surface area contributed by atoms with E-state index >= 15 is 0 Å². The lowest BCUT2D eigenvalue weighted by atomic mass is 10.00. The van der Waals surface area contributed by atoms with E-state index in [0.717, 1.165) is 24.8 Å². The Morgan fingerprint density at radius 1 is 1.35 bits per heavy atom. The number of aliphatic hydroxyl groups is 1. The number of benzene rings is 1. The second kappa shape index (κ2) is 7.29. The van der Waals surface area contributed by atoms with Gasteiger partial charge in [0.25, 0.3) is 5.91 Å². The van der Waals surface area contributed by atoms with E-state index in [-0.39, 0.29) is 5.91 Å². The van der Waals surface area contributed by atoms with Gasteiger partial charge in [-0.1, -0.05) is 38.7 Å². The number of fused-ring (bicyclic) bond motifs is 1. The van der Waals surface area contributed by atoms with E-state index in [1.165, 1.54) is 12.8 Å². The highest BCUT2D eigenvalue weighted by Gasteiger charge is 2.18. The molecule has 1 atom stereocenters. The summed E-state index contributed by atoms with van der Waals surface area (Å²) >= 11 is 0. The molecular weight excluding hydrogens is 254 g/mol. The minimum Gasteiger partial charge on any atom is -0.491 e. The number of nitrogens with one attached hydrogen (secondary N) is 1. The Morgan fingerprint density at radius 2 is 2.20 bits per heavy atom. The molecule has 0 bridgehead atoms. The van der Waals surface area contributed by atoms with Gasteiger partial charge in [-0.15, -0.1) is 0 Å². The van der Waals surface area contributed by atoms with E-state index in [4.69, 9.17) is 4.74 Å². The van der Waals surface area contributed by atoms with Gasteiger partial charge in [0.15, 0.2) is 0 Å². The van der Waals surface area contributed by atoms with Crippen LogP contribution in [0.2, 0.25) is 0 Å². The lowest BCUT2D eigenvalue weighted by Gasteiger charge is -2.13. The quantitative estimate of drug-likeness (QED) is 0.786. The molecule has 4 heteroatoms. The van der Waals surface area contributed by atoms with E-state index < -0.39 is 6.10 Å². The zero-order valence-electron chi connectivity index (χ0n) is 12.0. The van der Waals surface area contributed by atoms with Crippen LogP contribution in [-0.4, -0.2) is 24.2 Å². The molecule has 2 N–H and O–H groups in total. The number of unbranched alkanes of at least 4 members (excludes halogenated alkanes) is 3. The fourth-order valence-electron chi connectivity index (χ4n) is 2.41. The zero-order chi connectivity index (χ0) is 14.4. The van der Waals surface area contributed by atoms with Crippen molar-refractivity contribution in [1.29, 1.82) is 0 Å². The molecule has 0 aliphatic carbocycles. The van der Waals surface area contributed by atoms with Crippen LogP contribution in [0, 0.1) is 0 Å². The van der Waals surface area contributed by atoms with Crippen molar-refractivity contribution in [3.05, 3.63) is 29.3 Å². The lowest BCUT2D eigenvalue weighted by molar-refractivity contribution is 0.0956. The summed E-state index contributed by atoms with van der Waals surface area (Å²) in [6, 6.07) is 5.38. The summed E-state index contributed by atoms with van der Waals surface area (Å²) in [7, 11) is 0. The van der Waals surface area contributed by atoms with Gasteiger partial charge in [0.05, 0.1) is 18.2 Å². The predicted octanol–water partition coefficient (Wildman–Crippen LogP) is 2.81. The van der Waals surface area contributed by atoms with Gasteiger partial charge in [-0.05, 0) is 24.1 Å². The third-order valence-electron chi connectivity index (χ3n) is 3.61. The summed E-state index contributed by atoms with van der Waals surface area (Å²) in [5, 5.41) is 13.0. The summed E-state index contributed by atoms with van der Waals surface area (Å²) in [5.41, 5.74) is 1.31. The maximum atomic E-state index is 11.9. The summed E-state index contributed by atoms with van der Waals surface area (Å²) in [6.07, 6.45) is 4.77. The molecule has 4 nitrogen and oxygen atoms in total. The molecule has 0 saturated carbocycles. The molecule has 1 aromatic rings. The molecule has 1 aliphatic heterocycles. The molecule has 1 amide bonds. The highest BCUT2D eigenvalue weighted by atomic mass is 16.5. The molecule has 2 rings (SSSR count). The van der Waals surface area contributed by atoms with Crippen molar-refractivity contribution in [2.75, 3.05) is 13.2 Å². The smallest absolute Gasteiger partial charge is 0.255 e. The average Bonchev–Trinajstić information content (AvgIpc) is 2.65. The van der Waals surface area contributed by atoms with Crippen LogP contribution in [0.15, 0.2) is 18.2 Å². The highest BCUT2D eigenvalue weighted by molar-refractivity contribution is 5.97. The first-order valence-corrected chi connectivity index (χ1v) is 7.45. The standard InChI is InChI=1S/C16H23NO3/c1-2-3-4-5-6-14(18)12-7-8-15-13(11-12)16(19)17-9-10-20-15/h7-8,11,14,18H,2-6,9-10H2,1H3,(H,17,19). The van der Waals surface area contributed by atoms with Crippen molar-refractivity contribution in [2.24, 2.45) is 0 Å². The van der Waals surface area contributed by atoms with Gasteiger partial charge in [-0.2, -0.15) is 0 Å². The minimum atomic E-state index is -0.506. The van der Waals surface area contributed by atoms with Gasteiger partial charge in [0, 0.05) is 0 Å². The Morgan fingerprint density at radius 3 is 3.00 bits per heavy atom. The van der Waals surface area contributed by atoms with Crippen LogP contribution in [0.5, 0.6) is 5.75 Å². The molecule has 0 saturated heterocycles. The van der Waals surface area contributed by atoms with E-state index in [9.17, 15) is 9.90 Å². The maximum absolute atomic E-state index is 11.9. The second-order valence-electron chi connectivity index (χ2n) is 5.23. The summed E-state index contributed by atoms with van der Waals surface area (Å²) < 4.78 is 5.50. The van der Waals surface area contributed by atoms with Crippen molar-refractivity contribution < 1.29 is 14.6 Å². The Kier molecular flexibility index (Phi) is 5.41. The Labute approximate surface area is 120 Å². The molecule has 1 aliphatic rings. The minimum absolute atomic E-state index is 0.127. The number of ether oxygens (including phenoxy) is 1. The van der Waals surface area contributed by atoms with Crippen LogP contribution in [0.3, 0.4) is 0 Å². The number of hydrogen-bond acceptors (Lipinski definition) is 3. The summed E-state index contributed by atoms with van der Waals surface area (Å²) in [4.78, 5) is 11.9. The summed E-state index contributed by atoms with van der Waals surface area (Å²) in [5.74, 6) is 0.472. The van der Waals surface area contributed by atoms with E-state index in [1.807, 2.05) is 6.07 Å². The number of carbonyl (C=O) groups excluding carboxylic acids is 1. The molecule has 0 spiro atoms. The van der Waals surface area contributed by atoms with Gasteiger partial charge in [0.1, 0.15) is 12.4 Å². The fourth-order valence-corrected chi connectivity index (χ4v) is 2.41. The molecule has 0 fully saturated rings. The molecule has 1 heterocycles. The Balaban J connectivity index is 2.04. The molecule has 110 valence electrons. The van der Waals surface area contributed by atoms with Crippen LogP contribution in [0.4, 0.5) is 0 Å². The van der Waals surface area contributed by atoms with Gasteiger partial charge < -0.3 is 15.2 Å². The van der Waals surface area contributed by atoms with Crippen LogP contribution in [-0.2, 0) is 0 Å². The Hall–Kier alpha value is -1.55. The van der Waals surface area contributed by atoms with Crippen LogP contribution < -0.4 is 10.1 Å². The van der Waals surface area contributed by atoms with Crippen LogP contribution in [0.1, 0.15) is 61.1 Å². The zero-order valence-corrected chi connectivity index (χ0v) is 12.0. The SMILES string of the molecule is CCCCCCC(O)c1ccc2c(c1)C(=O)NCCO2. The monoisotopic (exact) mass is 277 g/mol. The molecule has 1 unspecified atom stereocenters. The van der Waals surface area contributed by atoms with E-state index in [2.05, 4.69) is 12.2 Å². The second-order valence-corrected chi connectivity index (χ2v) is 5.23. The number of carbonyl (C=O) groups is 1. The van der Waals surface area contributed by atoms with Crippen LogP contribution in [0.25, 0.3) is 0 Å². The van der Waals surface area contributed by atoms with Gasteiger partial charge >= 0.3 is 0 Å². The fraction of sp³-hybridized carbons (Fsp3) is 0.562. The first-order chi connectivity index (χ1) is 9.72. The van der Waals surface area contributed by atoms with Gasteiger partial charge in [-0.3, -0.25) is 4.79 Å². The molecule has 0 aromatic heterocycles. The van der Waals surface area contributed by atoms with Crippen molar-refractivity contribution >= 4 is 5.91 Å². The molecule has 1 aromatic carbocycles. The third-order valence-corrected chi connectivity index (χ3v) is 3.61. The van der Waals surface area contributed by atoms with Crippen molar-refractivity contribution in [2.45, 2.75) is 45.1 Å². The first kappa shape index (κ1) is 14.9. The molecular formula is C16H23NO3. The van der Waals surface area contributed by atoms with Gasteiger partial charge in [-0.25, -0.2) is 0 Å². The molecule has 20 heavy (non-hydrogen) atoms. The summed E-state index contributed by atoms with van der Waals surface area (Å²) in [6.45, 7) is 3.17. The number of aliphatic hydroxyl groups excluding tert-OH is 1. The largest absolute Gasteiger partial charge is 0.491 e. The number of rotatable bonds is 6. The van der Waals surface area contributed by atoms with Crippen LogP contribution >= 0.6 is 0 Å². The van der Waals surface area contributed by atoms with Crippen molar-refractivity contribution in [1.82, 2.24) is 5.32 Å². The topological polar surface area (TPSA) is 58.6 Å². The van der Waals surface area contributed by atoms with E-state index in [1.54, 1.807) is 12.1 Å². The third kappa shape index (κ3) is 3.73. The number of hydrogen-bond donors (Lipinski definition) is 2. The molecule has 0 radical (unpaired) electrons. The highest BCUT2D eigenvalue weighted by Crippen LogP contribution is 2.27. The van der Waals surface area contributed by atoms with E-state index in [0.29, 0.717) is 24.5 Å². The van der Waals surface area contributed by atoms with Crippen molar-refractivity contribution in [3.63, 3.8) is 0 Å². The van der Waals surface area contributed by atoms with Crippen molar-refractivity contribution in [3.8, 4) is 5.75 Å². The van der Waals surface area contributed by atoms with Gasteiger partial charge in [0.2, 0.25) is 0 Å². The average molecular weight is 277 g/mol. The lowest BCUT2D eigenvalue weighted by Crippen LogP contribution is -2.24. The normalized spacial score (nSPS) is 15.8. The first-order valence-electron chi connectivity index (χ1n) is 7.45. The Bertz CT molecular complexity index is 459. The predicted molar refractivity (Wildman–Crippen MR) is 78.0 cm³/mol. The maximum Gasteiger partial charge on any atom is 0.255 e. The number of amides is 1.